The number of aromatic nitrogens is 1. The number of hydrogen-bond acceptors (Lipinski definition) is 2. The number of fused-ring (bicyclic) bond motifs is 1. The molecule has 2 aromatic carbocycles. The van der Waals surface area contributed by atoms with E-state index in [1.807, 2.05) is 25.1 Å². The van der Waals surface area contributed by atoms with Gasteiger partial charge in [0, 0.05) is 15.8 Å². The average molecular weight is 301 g/mol. The zero-order chi connectivity index (χ0) is 15.0. The fraction of sp³-hybridized carbons (Fsp3) is 0.0625. The Morgan fingerprint density at radius 1 is 1.24 bits per heavy atom. The molecule has 0 saturated carbocycles. The van der Waals surface area contributed by atoms with Gasteiger partial charge in [-0.1, -0.05) is 30.0 Å². The number of rotatable bonds is 3. The summed E-state index contributed by atoms with van der Waals surface area (Å²) in [5.74, 6) is -1.37. The summed E-state index contributed by atoms with van der Waals surface area (Å²) in [7, 11) is 0. The minimum absolute atomic E-state index is 0.130. The minimum Gasteiger partial charge on any atom is -0.477 e. The third kappa shape index (κ3) is 2.64. The standard InChI is InChI=1S/C16H12FNO2S/c1-9-5-6-12-13(7-9)18-14(16(19)20)15(12)21-11-4-2-3-10(17)8-11/h2-8,18H,1H3,(H,19,20). The Hall–Kier alpha value is -2.27. The molecule has 0 bridgehead atoms. The summed E-state index contributed by atoms with van der Waals surface area (Å²) in [6.07, 6.45) is 0. The molecule has 0 atom stereocenters. The number of hydrogen-bond donors (Lipinski definition) is 2. The number of carboxylic acids is 1. The number of carbonyl (C=O) groups is 1. The molecule has 0 aliphatic rings. The van der Waals surface area contributed by atoms with E-state index < -0.39 is 5.97 Å². The molecule has 3 aromatic rings. The molecule has 5 heteroatoms. The van der Waals surface area contributed by atoms with Crippen molar-refractivity contribution in [3.05, 3.63) is 59.5 Å². The first-order valence-corrected chi connectivity index (χ1v) is 7.15. The van der Waals surface area contributed by atoms with Crippen molar-refractivity contribution in [3.63, 3.8) is 0 Å². The van der Waals surface area contributed by atoms with E-state index in [-0.39, 0.29) is 11.5 Å². The summed E-state index contributed by atoms with van der Waals surface area (Å²) in [4.78, 5) is 15.6. The molecule has 3 nitrogen and oxygen atoms in total. The second-order valence-corrected chi connectivity index (χ2v) is 5.83. The van der Waals surface area contributed by atoms with E-state index in [1.54, 1.807) is 12.1 Å². The first-order valence-electron chi connectivity index (χ1n) is 6.33. The van der Waals surface area contributed by atoms with Crippen molar-refractivity contribution in [1.82, 2.24) is 4.98 Å². The molecule has 0 saturated heterocycles. The Morgan fingerprint density at radius 3 is 2.76 bits per heavy atom. The van der Waals surface area contributed by atoms with Crippen molar-refractivity contribution < 1.29 is 14.3 Å². The number of benzene rings is 2. The molecule has 2 N–H and O–H groups in total. The number of aromatic amines is 1. The number of aryl methyl sites for hydroxylation is 1. The van der Waals surface area contributed by atoms with Gasteiger partial charge in [-0.25, -0.2) is 9.18 Å². The molecule has 0 spiro atoms. The zero-order valence-electron chi connectivity index (χ0n) is 11.2. The van der Waals surface area contributed by atoms with Gasteiger partial charge in [-0.3, -0.25) is 0 Å². The highest BCUT2D eigenvalue weighted by molar-refractivity contribution is 7.99. The van der Waals surface area contributed by atoms with Gasteiger partial charge in [0.25, 0.3) is 0 Å². The average Bonchev–Trinajstić information content (AvgIpc) is 2.77. The third-order valence-electron chi connectivity index (χ3n) is 3.14. The van der Waals surface area contributed by atoms with Crippen molar-refractivity contribution >= 4 is 28.6 Å². The van der Waals surface area contributed by atoms with Crippen molar-refractivity contribution in [2.75, 3.05) is 0 Å². The quantitative estimate of drug-likeness (QED) is 0.750. The van der Waals surface area contributed by atoms with Crippen LogP contribution in [0.25, 0.3) is 10.9 Å². The summed E-state index contributed by atoms with van der Waals surface area (Å²) in [5, 5.41) is 10.2. The highest BCUT2D eigenvalue weighted by atomic mass is 32.2. The van der Waals surface area contributed by atoms with Crippen molar-refractivity contribution in [3.8, 4) is 0 Å². The maximum atomic E-state index is 13.3. The summed E-state index contributed by atoms with van der Waals surface area (Å²) in [5.41, 5.74) is 1.94. The Kier molecular flexibility index (Phi) is 3.43. The monoisotopic (exact) mass is 301 g/mol. The van der Waals surface area contributed by atoms with Crippen LogP contribution in [0.3, 0.4) is 0 Å². The molecular weight excluding hydrogens is 289 g/mol. The SMILES string of the molecule is Cc1ccc2c(Sc3cccc(F)c3)c(C(=O)O)[nH]c2c1. The lowest BCUT2D eigenvalue weighted by Crippen LogP contribution is -1.97. The number of carboxylic acid groups (broad SMARTS) is 1. The molecule has 0 fully saturated rings. The van der Waals surface area contributed by atoms with Crippen LogP contribution in [-0.2, 0) is 0 Å². The van der Waals surface area contributed by atoms with Crippen LogP contribution in [-0.4, -0.2) is 16.1 Å². The van der Waals surface area contributed by atoms with Crippen LogP contribution in [0, 0.1) is 12.7 Å². The molecule has 0 aliphatic heterocycles. The van der Waals surface area contributed by atoms with Gasteiger partial charge in [-0.05, 0) is 36.8 Å². The van der Waals surface area contributed by atoms with Crippen molar-refractivity contribution in [2.45, 2.75) is 16.7 Å². The summed E-state index contributed by atoms with van der Waals surface area (Å²) in [6.45, 7) is 1.94. The van der Waals surface area contributed by atoms with E-state index in [4.69, 9.17) is 0 Å². The highest BCUT2D eigenvalue weighted by Gasteiger charge is 2.18. The van der Waals surface area contributed by atoms with E-state index in [1.165, 1.54) is 23.9 Å². The lowest BCUT2D eigenvalue weighted by Gasteiger charge is -2.02. The van der Waals surface area contributed by atoms with Gasteiger partial charge in [0.15, 0.2) is 0 Å². The predicted octanol–water partition coefficient (Wildman–Crippen LogP) is 4.46. The largest absolute Gasteiger partial charge is 0.477 e. The molecular formula is C16H12FNO2S. The second-order valence-electron chi connectivity index (χ2n) is 4.74. The van der Waals surface area contributed by atoms with Gasteiger partial charge in [-0.2, -0.15) is 0 Å². The summed E-state index contributed by atoms with van der Waals surface area (Å²) in [6, 6.07) is 11.8. The van der Waals surface area contributed by atoms with Gasteiger partial charge in [0.05, 0.1) is 4.90 Å². The van der Waals surface area contributed by atoms with Crippen LogP contribution in [0.1, 0.15) is 16.1 Å². The Balaban J connectivity index is 2.15. The maximum absolute atomic E-state index is 13.3. The van der Waals surface area contributed by atoms with Crippen molar-refractivity contribution in [1.29, 1.82) is 0 Å². The van der Waals surface area contributed by atoms with E-state index >= 15 is 0 Å². The molecule has 0 aliphatic carbocycles. The molecule has 0 amide bonds. The smallest absolute Gasteiger partial charge is 0.353 e. The minimum atomic E-state index is -1.03. The number of halogens is 1. The van der Waals surface area contributed by atoms with Crippen LogP contribution in [0.4, 0.5) is 4.39 Å². The van der Waals surface area contributed by atoms with Crippen molar-refractivity contribution in [2.24, 2.45) is 0 Å². The zero-order valence-corrected chi connectivity index (χ0v) is 12.0. The molecule has 1 heterocycles. The van der Waals surface area contributed by atoms with Gasteiger partial charge in [0.2, 0.25) is 0 Å². The maximum Gasteiger partial charge on any atom is 0.353 e. The predicted molar refractivity (Wildman–Crippen MR) is 80.5 cm³/mol. The first-order chi connectivity index (χ1) is 10.0. The molecule has 21 heavy (non-hydrogen) atoms. The molecule has 0 radical (unpaired) electrons. The summed E-state index contributed by atoms with van der Waals surface area (Å²) < 4.78 is 13.3. The van der Waals surface area contributed by atoms with E-state index in [0.717, 1.165) is 16.5 Å². The van der Waals surface area contributed by atoms with Gasteiger partial charge in [-0.15, -0.1) is 0 Å². The van der Waals surface area contributed by atoms with Crippen LogP contribution in [0.2, 0.25) is 0 Å². The van der Waals surface area contributed by atoms with Crippen LogP contribution >= 0.6 is 11.8 Å². The van der Waals surface area contributed by atoms with Gasteiger partial charge < -0.3 is 10.1 Å². The van der Waals surface area contributed by atoms with E-state index in [2.05, 4.69) is 4.98 Å². The Bertz CT molecular complexity index is 841. The van der Waals surface area contributed by atoms with Gasteiger partial charge >= 0.3 is 5.97 Å². The number of H-pyrrole nitrogens is 1. The molecule has 3 rings (SSSR count). The second kappa shape index (κ2) is 5.26. The fourth-order valence-corrected chi connectivity index (χ4v) is 3.27. The topological polar surface area (TPSA) is 53.1 Å². The number of aromatic carboxylic acids is 1. The normalized spacial score (nSPS) is 11.0. The third-order valence-corrected chi connectivity index (χ3v) is 4.25. The first kappa shape index (κ1) is 13.7. The van der Waals surface area contributed by atoms with E-state index in [0.29, 0.717) is 9.79 Å². The highest BCUT2D eigenvalue weighted by Crippen LogP contribution is 2.37. The van der Waals surface area contributed by atoms with E-state index in [9.17, 15) is 14.3 Å². The lowest BCUT2D eigenvalue weighted by molar-refractivity contribution is 0.0688. The number of nitrogens with one attached hydrogen (secondary N) is 1. The lowest BCUT2D eigenvalue weighted by atomic mass is 10.2. The van der Waals surface area contributed by atoms with Crippen LogP contribution in [0.5, 0.6) is 0 Å². The van der Waals surface area contributed by atoms with Crippen LogP contribution in [0.15, 0.2) is 52.3 Å². The van der Waals surface area contributed by atoms with Gasteiger partial charge in [0.1, 0.15) is 11.5 Å². The fourth-order valence-electron chi connectivity index (χ4n) is 2.19. The molecule has 106 valence electrons. The van der Waals surface area contributed by atoms with Crippen LogP contribution < -0.4 is 0 Å². The molecule has 0 unspecified atom stereocenters. The Labute approximate surface area is 124 Å². The Morgan fingerprint density at radius 2 is 2.05 bits per heavy atom. The molecule has 1 aromatic heterocycles. The summed E-state index contributed by atoms with van der Waals surface area (Å²) >= 11 is 1.25.